The molecule has 0 spiro atoms. The van der Waals surface area contributed by atoms with Crippen molar-refractivity contribution in [2.75, 3.05) is 38.7 Å². The molecule has 0 aliphatic rings. The molecule has 0 unspecified atom stereocenters. The summed E-state index contributed by atoms with van der Waals surface area (Å²) >= 11 is 0. The Balaban J connectivity index is 2.90. The molecule has 6 heteroatoms. The first-order chi connectivity index (χ1) is 8.86. The topological polar surface area (TPSA) is 72.6 Å². The number of rotatable bonds is 7. The monoisotopic (exact) mass is 286 g/mol. The van der Waals surface area contributed by atoms with E-state index in [1.807, 2.05) is 25.9 Å². The van der Waals surface area contributed by atoms with Gasteiger partial charge in [-0.25, -0.2) is 8.42 Å². The van der Waals surface area contributed by atoms with Crippen LogP contribution < -0.4 is 10.5 Å². The number of benzene rings is 1. The molecule has 5 nitrogen and oxygen atoms in total. The molecule has 0 heterocycles. The smallest absolute Gasteiger partial charge is 0.180 e. The van der Waals surface area contributed by atoms with Gasteiger partial charge in [-0.15, -0.1) is 0 Å². The van der Waals surface area contributed by atoms with Gasteiger partial charge in [-0.05, 0) is 46.1 Å². The first-order valence-corrected chi connectivity index (χ1v) is 7.92. The first-order valence-electron chi connectivity index (χ1n) is 6.26. The van der Waals surface area contributed by atoms with Gasteiger partial charge in [0.25, 0.3) is 0 Å². The molecule has 0 aliphatic carbocycles. The molecule has 0 saturated heterocycles. The van der Waals surface area contributed by atoms with Gasteiger partial charge >= 0.3 is 0 Å². The van der Waals surface area contributed by atoms with Gasteiger partial charge in [-0.3, -0.25) is 0 Å². The van der Waals surface area contributed by atoms with Crippen LogP contribution in [-0.4, -0.2) is 46.3 Å². The van der Waals surface area contributed by atoms with E-state index in [0.717, 1.165) is 6.54 Å². The minimum atomic E-state index is -3.36. The molecule has 0 aliphatic heterocycles. The third-order valence-corrected chi connectivity index (χ3v) is 4.50. The van der Waals surface area contributed by atoms with Gasteiger partial charge < -0.3 is 15.4 Å². The summed E-state index contributed by atoms with van der Waals surface area (Å²) in [5, 5.41) is 0. The summed E-state index contributed by atoms with van der Waals surface area (Å²) in [4.78, 5) is 2.12. The van der Waals surface area contributed by atoms with E-state index in [9.17, 15) is 8.42 Å². The lowest BCUT2D eigenvalue weighted by Gasteiger charge is -2.12. The molecule has 0 radical (unpaired) electrons. The molecule has 0 saturated carbocycles. The van der Waals surface area contributed by atoms with E-state index in [4.69, 9.17) is 10.5 Å². The molecule has 0 bridgehead atoms. The van der Waals surface area contributed by atoms with Crippen molar-refractivity contribution in [3.63, 3.8) is 0 Å². The highest BCUT2D eigenvalue weighted by atomic mass is 32.2. The number of nitrogen functional groups attached to an aromatic ring is 1. The standard InChI is InChI=1S/C13H22N2O3S/c1-4-18-11-6-7-12(14)13(10-11)19(16,17)9-5-8-15(2)3/h6-7,10H,4-5,8-9,14H2,1-3H3. The van der Waals surface area contributed by atoms with Gasteiger partial charge in [0.2, 0.25) is 0 Å². The van der Waals surface area contributed by atoms with Crippen LogP contribution in [0.25, 0.3) is 0 Å². The van der Waals surface area contributed by atoms with Crippen LogP contribution >= 0.6 is 0 Å². The number of ether oxygens (including phenoxy) is 1. The zero-order valence-corrected chi connectivity index (χ0v) is 12.5. The molecule has 0 aromatic heterocycles. The van der Waals surface area contributed by atoms with Crippen molar-refractivity contribution in [2.45, 2.75) is 18.2 Å². The predicted octanol–water partition coefficient (Wildman–Crippen LogP) is 1.39. The zero-order valence-electron chi connectivity index (χ0n) is 11.7. The highest BCUT2D eigenvalue weighted by Gasteiger charge is 2.18. The van der Waals surface area contributed by atoms with Crippen molar-refractivity contribution >= 4 is 15.5 Å². The minimum absolute atomic E-state index is 0.0883. The largest absolute Gasteiger partial charge is 0.494 e. The van der Waals surface area contributed by atoms with Gasteiger partial charge in [0.05, 0.1) is 22.9 Å². The van der Waals surface area contributed by atoms with Gasteiger partial charge in [0, 0.05) is 6.07 Å². The van der Waals surface area contributed by atoms with Crippen LogP contribution in [0.1, 0.15) is 13.3 Å². The molecular formula is C13H22N2O3S. The zero-order chi connectivity index (χ0) is 14.5. The average Bonchev–Trinajstić information content (AvgIpc) is 2.31. The number of nitrogens with two attached hydrogens (primary N) is 1. The predicted molar refractivity (Wildman–Crippen MR) is 77.2 cm³/mol. The number of sulfone groups is 1. The van der Waals surface area contributed by atoms with Crippen molar-refractivity contribution in [1.29, 1.82) is 0 Å². The lowest BCUT2D eigenvalue weighted by atomic mass is 10.3. The number of hydrogen-bond acceptors (Lipinski definition) is 5. The maximum atomic E-state index is 12.2. The fourth-order valence-electron chi connectivity index (χ4n) is 1.72. The quantitative estimate of drug-likeness (QED) is 0.767. The molecule has 2 N–H and O–H groups in total. The van der Waals surface area contributed by atoms with E-state index in [-0.39, 0.29) is 16.3 Å². The van der Waals surface area contributed by atoms with E-state index < -0.39 is 9.84 Å². The van der Waals surface area contributed by atoms with Gasteiger partial charge in [0.15, 0.2) is 9.84 Å². The molecular weight excluding hydrogens is 264 g/mol. The molecule has 1 aromatic carbocycles. The fraction of sp³-hybridized carbons (Fsp3) is 0.538. The fourth-order valence-corrected chi connectivity index (χ4v) is 3.17. The van der Waals surface area contributed by atoms with E-state index in [1.54, 1.807) is 12.1 Å². The molecule has 0 fully saturated rings. The number of hydrogen-bond donors (Lipinski definition) is 1. The van der Waals surface area contributed by atoms with Gasteiger partial charge in [0.1, 0.15) is 5.75 Å². The molecule has 108 valence electrons. The Morgan fingerprint density at radius 3 is 2.58 bits per heavy atom. The molecule has 1 rings (SSSR count). The number of anilines is 1. The summed E-state index contributed by atoms with van der Waals surface area (Å²) < 4.78 is 29.8. The average molecular weight is 286 g/mol. The summed E-state index contributed by atoms with van der Waals surface area (Å²) in [6.45, 7) is 3.07. The van der Waals surface area contributed by atoms with Crippen LogP contribution in [0.5, 0.6) is 5.75 Å². The Morgan fingerprint density at radius 1 is 1.32 bits per heavy atom. The second kappa shape index (κ2) is 6.77. The highest BCUT2D eigenvalue weighted by molar-refractivity contribution is 7.91. The lowest BCUT2D eigenvalue weighted by Crippen LogP contribution is -2.18. The van der Waals surface area contributed by atoms with Crippen molar-refractivity contribution < 1.29 is 13.2 Å². The molecule has 0 atom stereocenters. The normalized spacial score (nSPS) is 11.8. The first kappa shape index (κ1) is 15.8. The maximum absolute atomic E-state index is 12.2. The van der Waals surface area contributed by atoms with Crippen LogP contribution in [0.2, 0.25) is 0 Å². The van der Waals surface area contributed by atoms with E-state index >= 15 is 0 Å². The third-order valence-electron chi connectivity index (χ3n) is 2.65. The van der Waals surface area contributed by atoms with Crippen molar-refractivity contribution in [3.8, 4) is 5.75 Å². The Hall–Kier alpha value is -1.27. The number of nitrogens with zero attached hydrogens (tertiary/aromatic N) is 1. The molecule has 1 aromatic rings. The van der Waals surface area contributed by atoms with Gasteiger partial charge in [-0.2, -0.15) is 0 Å². The minimum Gasteiger partial charge on any atom is -0.494 e. The molecule has 0 amide bonds. The van der Waals surface area contributed by atoms with Crippen molar-refractivity contribution in [3.05, 3.63) is 18.2 Å². The summed E-state index contributed by atoms with van der Waals surface area (Å²) in [5.41, 5.74) is 6.03. The van der Waals surface area contributed by atoms with Crippen LogP contribution in [-0.2, 0) is 9.84 Å². The summed E-state index contributed by atoms with van der Waals surface area (Å²) in [7, 11) is 0.468. The lowest BCUT2D eigenvalue weighted by molar-refractivity contribution is 0.339. The summed E-state index contributed by atoms with van der Waals surface area (Å²) in [6.07, 6.45) is 0.577. The second-order valence-corrected chi connectivity index (χ2v) is 6.69. The van der Waals surface area contributed by atoms with Crippen LogP contribution in [0.4, 0.5) is 5.69 Å². The summed E-state index contributed by atoms with van der Waals surface area (Å²) in [6, 6.07) is 4.76. The van der Waals surface area contributed by atoms with E-state index in [2.05, 4.69) is 0 Å². The van der Waals surface area contributed by atoms with Crippen molar-refractivity contribution in [2.24, 2.45) is 0 Å². The van der Waals surface area contributed by atoms with E-state index in [0.29, 0.717) is 18.8 Å². The highest BCUT2D eigenvalue weighted by Crippen LogP contribution is 2.25. The molecule has 19 heavy (non-hydrogen) atoms. The van der Waals surface area contributed by atoms with Crippen LogP contribution in [0, 0.1) is 0 Å². The SMILES string of the molecule is CCOc1ccc(N)c(S(=O)(=O)CCCN(C)C)c1. The third kappa shape index (κ3) is 4.72. The van der Waals surface area contributed by atoms with Crippen molar-refractivity contribution in [1.82, 2.24) is 4.90 Å². The Morgan fingerprint density at radius 2 is 2.00 bits per heavy atom. The Labute approximate surface area is 115 Å². The maximum Gasteiger partial charge on any atom is 0.180 e. The summed E-state index contributed by atoms with van der Waals surface area (Å²) in [5.74, 6) is 0.619. The van der Waals surface area contributed by atoms with Gasteiger partial charge in [-0.1, -0.05) is 0 Å². The van der Waals surface area contributed by atoms with Crippen LogP contribution in [0.3, 0.4) is 0 Å². The second-order valence-electron chi connectivity index (χ2n) is 4.61. The Kier molecular flexibility index (Phi) is 5.62. The van der Waals surface area contributed by atoms with E-state index in [1.165, 1.54) is 6.07 Å². The van der Waals surface area contributed by atoms with Crippen LogP contribution in [0.15, 0.2) is 23.1 Å². The Bertz CT molecular complexity index is 513.